The van der Waals surface area contributed by atoms with E-state index in [-0.39, 0.29) is 10.4 Å². The first kappa shape index (κ1) is 17.3. The molecule has 1 N–H and O–H groups in total. The summed E-state index contributed by atoms with van der Waals surface area (Å²) in [5.41, 5.74) is 0.656. The van der Waals surface area contributed by atoms with E-state index in [0.717, 1.165) is 11.3 Å². The molecule has 0 bridgehead atoms. The molecule has 1 heterocycles. The van der Waals surface area contributed by atoms with Crippen LogP contribution in [-0.2, 0) is 4.79 Å². The summed E-state index contributed by atoms with van der Waals surface area (Å²) in [5, 5.41) is 9.74. The zero-order valence-electron chi connectivity index (χ0n) is 12.9. The maximum atomic E-state index is 13.6. The molecule has 3 rings (SSSR count). The molecule has 3 aromatic rings. The van der Waals surface area contributed by atoms with Gasteiger partial charge in [0, 0.05) is 10.6 Å². The smallest absolute Gasteiger partial charge is 0.326 e. The van der Waals surface area contributed by atoms with Crippen LogP contribution >= 0.6 is 22.9 Å². The van der Waals surface area contributed by atoms with Gasteiger partial charge in [0.25, 0.3) is 5.91 Å². The van der Waals surface area contributed by atoms with Crippen molar-refractivity contribution in [2.45, 2.75) is 13.0 Å². The van der Waals surface area contributed by atoms with E-state index in [4.69, 9.17) is 11.6 Å². The quantitative estimate of drug-likeness (QED) is 0.751. The summed E-state index contributed by atoms with van der Waals surface area (Å²) in [7, 11) is 0. The summed E-state index contributed by atoms with van der Waals surface area (Å²) >= 11 is 7.00. The van der Waals surface area contributed by atoms with Gasteiger partial charge < -0.3 is 9.67 Å². The summed E-state index contributed by atoms with van der Waals surface area (Å²) in [6.45, 7) is 1.45. The molecule has 1 atom stereocenters. The van der Waals surface area contributed by atoms with E-state index in [1.807, 2.05) is 0 Å². The Kier molecular flexibility index (Phi) is 4.69. The highest BCUT2D eigenvalue weighted by atomic mass is 35.5. The predicted octanol–water partition coefficient (Wildman–Crippen LogP) is 3.88. The maximum Gasteiger partial charge on any atom is 0.326 e. The van der Waals surface area contributed by atoms with E-state index >= 15 is 0 Å². The minimum absolute atomic E-state index is 0.181. The molecular formula is C17H12ClFN2O3S. The standard InChI is InChI=1S/C17H12ClFN2O3S/c1-9(16(23)24)21-13-8-12(19)5-6-14(13)25-17(21)20-15(22)10-3-2-4-11(18)7-10/h2-9H,1H3,(H,23,24). The van der Waals surface area contributed by atoms with Crippen LogP contribution in [0.3, 0.4) is 0 Å². The number of aliphatic carboxylic acids is 1. The number of benzene rings is 2. The molecule has 0 saturated heterocycles. The normalized spacial score (nSPS) is 13.2. The minimum Gasteiger partial charge on any atom is -0.480 e. The lowest BCUT2D eigenvalue weighted by molar-refractivity contribution is -0.140. The largest absolute Gasteiger partial charge is 0.480 e. The lowest BCUT2D eigenvalue weighted by Gasteiger charge is -2.10. The van der Waals surface area contributed by atoms with Gasteiger partial charge in [-0.2, -0.15) is 4.99 Å². The summed E-state index contributed by atoms with van der Waals surface area (Å²) in [5.74, 6) is -2.16. The second-order valence-electron chi connectivity index (χ2n) is 5.31. The van der Waals surface area contributed by atoms with E-state index in [1.54, 1.807) is 18.2 Å². The van der Waals surface area contributed by atoms with E-state index < -0.39 is 23.7 Å². The van der Waals surface area contributed by atoms with Gasteiger partial charge in [-0.1, -0.05) is 29.0 Å². The van der Waals surface area contributed by atoms with Crippen LogP contribution in [0.25, 0.3) is 10.2 Å². The summed E-state index contributed by atoms with van der Waals surface area (Å²) in [4.78, 5) is 28.0. The van der Waals surface area contributed by atoms with Gasteiger partial charge in [-0.3, -0.25) is 4.79 Å². The number of fused-ring (bicyclic) bond motifs is 1. The predicted molar refractivity (Wildman–Crippen MR) is 93.5 cm³/mol. The highest BCUT2D eigenvalue weighted by molar-refractivity contribution is 7.16. The van der Waals surface area contributed by atoms with Crippen molar-refractivity contribution in [3.05, 3.63) is 63.7 Å². The molecule has 0 aliphatic carbocycles. The van der Waals surface area contributed by atoms with Gasteiger partial charge in [0.05, 0.1) is 10.2 Å². The topological polar surface area (TPSA) is 71.7 Å². The third-order valence-electron chi connectivity index (χ3n) is 3.60. The van der Waals surface area contributed by atoms with Crippen molar-refractivity contribution in [1.82, 2.24) is 4.57 Å². The molecule has 0 fully saturated rings. The number of carbonyl (C=O) groups excluding carboxylic acids is 1. The van der Waals surface area contributed by atoms with Crippen LogP contribution in [0.15, 0.2) is 47.5 Å². The molecule has 0 spiro atoms. The van der Waals surface area contributed by atoms with Crippen molar-refractivity contribution in [2.24, 2.45) is 4.99 Å². The Morgan fingerprint density at radius 2 is 2.04 bits per heavy atom. The van der Waals surface area contributed by atoms with E-state index in [9.17, 15) is 19.1 Å². The number of halogens is 2. The Labute approximate surface area is 150 Å². The number of carboxylic acid groups (broad SMARTS) is 1. The van der Waals surface area contributed by atoms with E-state index in [0.29, 0.717) is 15.2 Å². The Morgan fingerprint density at radius 3 is 2.72 bits per heavy atom. The van der Waals surface area contributed by atoms with Crippen LogP contribution in [0.1, 0.15) is 23.3 Å². The molecule has 0 radical (unpaired) electrons. The molecule has 5 nitrogen and oxygen atoms in total. The summed E-state index contributed by atoms with van der Waals surface area (Å²) < 4.78 is 15.6. The third-order valence-corrected chi connectivity index (χ3v) is 4.87. The van der Waals surface area contributed by atoms with Crippen molar-refractivity contribution in [3.63, 3.8) is 0 Å². The molecule has 25 heavy (non-hydrogen) atoms. The Hall–Kier alpha value is -2.51. The van der Waals surface area contributed by atoms with Crippen molar-refractivity contribution < 1.29 is 19.1 Å². The number of hydrogen-bond acceptors (Lipinski definition) is 3. The van der Waals surface area contributed by atoms with Gasteiger partial charge in [0.2, 0.25) is 0 Å². The SMILES string of the molecule is CC(C(=O)O)n1c(=NC(=O)c2cccc(Cl)c2)sc2ccc(F)cc21. The van der Waals surface area contributed by atoms with Crippen LogP contribution in [-0.4, -0.2) is 21.6 Å². The second-order valence-corrected chi connectivity index (χ2v) is 6.75. The number of carboxylic acids is 1. The molecule has 8 heteroatoms. The monoisotopic (exact) mass is 378 g/mol. The highest BCUT2D eigenvalue weighted by Crippen LogP contribution is 2.22. The van der Waals surface area contributed by atoms with Crippen LogP contribution in [0.5, 0.6) is 0 Å². The van der Waals surface area contributed by atoms with Crippen molar-refractivity contribution in [1.29, 1.82) is 0 Å². The fraction of sp³-hybridized carbons (Fsp3) is 0.118. The first-order valence-electron chi connectivity index (χ1n) is 7.25. The molecule has 1 unspecified atom stereocenters. The number of aromatic nitrogens is 1. The lowest BCUT2D eigenvalue weighted by Crippen LogP contribution is -2.25. The fourth-order valence-electron chi connectivity index (χ4n) is 2.35. The van der Waals surface area contributed by atoms with Crippen molar-refractivity contribution in [2.75, 3.05) is 0 Å². The van der Waals surface area contributed by atoms with Gasteiger partial charge in [-0.05, 0) is 43.3 Å². The summed E-state index contributed by atoms with van der Waals surface area (Å²) in [6.07, 6.45) is 0. The molecule has 1 aromatic heterocycles. The Morgan fingerprint density at radius 1 is 1.28 bits per heavy atom. The van der Waals surface area contributed by atoms with Crippen LogP contribution in [0.4, 0.5) is 4.39 Å². The molecule has 0 aliphatic rings. The van der Waals surface area contributed by atoms with Gasteiger partial charge >= 0.3 is 5.97 Å². The number of hydrogen-bond donors (Lipinski definition) is 1. The van der Waals surface area contributed by atoms with Crippen molar-refractivity contribution >= 4 is 45.0 Å². The van der Waals surface area contributed by atoms with Crippen LogP contribution in [0.2, 0.25) is 5.02 Å². The maximum absolute atomic E-state index is 13.6. The minimum atomic E-state index is -1.11. The zero-order valence-corrected chi connectivity index (χ0v) is 14.5. The van der Waals surface area contributed by atoms with E-state index in [2.05, 4.69) is 4.99 Å². The lowest BCUT2D eigenvalue weighted by atomic mass is 10.2. The average Bonchev–Trinajstić information content (AvgIpc) is 2.90. The first-order valence-corrected chi connectivity index (χ1v) is 8.44. The number of rotatable bonds is 3. The van der Waals surface area contributed by atoms with Gasteiger partial charge in [0.15, 0.2) is 4.80 Å². The average molecular weight is 379 g/mol. The van der Waals surface area contributed by atoms with E-state index in [1.165, 1.54) is 35.8 Å². The van der Waals surface area contributed by atoms with Crippen LogP contribution in [0, 0.1) is 5.82 Å². The highest BCUT2D eigenvalue weighted by Gasteiger charge is 2.19. The zero-order chi connectivity index (χ0) is 18.1. The third kappa shape index (κ3) is 3.47. The molecular weight excluding hydrogens is 367 g/mol. The van der Waals surface area contributed by atoms with Crippen LogP contribution < -0.4 is 4.80 Å². The number of carbonyl (C=O) groups is 2. The number of nitrogens with zero attached hydrogens (tertiary/aromatic N) is 2. The molecule has 128 valence electrons. The van der Waals surface area contributed by atoms with Gasteiger partial charge in [-0.15, -0.1) is 0 Å². The number of thiazole rings is 1. The Balaban J connectivity index is 2.22. The van der Waals surface area contributed by atoms with Gasteiger partial charge in [0.1, 0.15) is 11.9 Å². The summed E-state index contributed by atoms with van der Waals surface area (Å²) in [6, 6.07) is 9.32. The molecule has 2 aromatic carbocycles. The fourth-order valence-corrected chi connectivity index (χ4v) is 3.62. The second kappa shape index (κ2) is 6.78. The number of amides is 1. The van der Waals surface area contributed by atoms with Gasteiger partial charge in [-0.25, -0.2) is 9.18 Å². The Bertz CT molecular complexity index is 1060. The van der Waals surface area contributed by atoms with Crippen molar-refractivity contribution in [3.8, 4) is 0 Å². The molecule has 1 amide bonds. The molecule has 0 aliphatic heterocycles. The molecule has 0 saturated carbocycles. The first-order chi connectivity index (χ1) is 11.9.